The van der Waals surface area contributed by atoms with Crippen molar-refractivity contribution < 1.29 is 12.8 Å². The standard InChI is InChI=1S/C17H20FN3O2S/c1-24(22,23)21-16-8-9-19-17(16)11-14-6-3-7-15(20-14)12-4-2-5-13(18)10-12/h2-7,10,16-17,19,21H,8-9,11H2,1H3/t16-,17-/m0/s1. The van der Waals surface area contributed by atoms with Gasteiger partial charge in [0.25, 0.3) is 0 Å². The second-order valence-corrected chi connectivity index (χ2v) is 7.85. The summed E-state index contributed by atoms with van der Waals surface area (Å²) < 4.78 is 39.0. The summed E-state index contributed by atoms with van der Waals surface area (Å²) >= 11 is 0. The number of aromatic nitrogens is 1. The van der Waals surface area contributed by atoms with Gasteiger partial charge < -0.3 is 5.32 Å². The summed E-state index contributed by atoms with van der Waals surface area (Å²) in [6, 6.07) is 11.8. The lowest BCUT2D eigenvalue weighted by Crippen LogP contribution is -2.44. The van der Waals surface area contributed by atoms with E-state index in [1.54, 1.807) is 6.07 Å². The quantitative estimate of drug-likeness (QED) is 0.862. The third kappa shape index (κ3) is 4.37. The number of benzene rings is 1. The largest absolute Gasteiger partial charge is 0.312 e. The maximum atomic E-state index is 13.4. The molecule has 24 heavy (non-hydrogen) atoms. The molecule has 2 heterocycles. The molecular weight excluding hydrogens is 329 g/mol. The minimum Gasteiger partial charge on any atom is -0.312 e. The summed E-state index contributed by atoms with van der Waals surface area (Å²) in [6.45, 7) is 0.765. The highest BCUT2D eigenvalue weighted by molar-refractivity contribution is 7.88. The average molecular weight is 349 g/mol. The molecule has 128 valence electrons. The Hall–Kier alpha value is -1.83. The van der Waals surface area contributed by atoms with Gasteiger partial charge in [-0.1, -0.05) is 18.2 Å². The van der Waals surface area contributed by atoms with Crippen LogP contribution in [0.3, 0.4) is 0 Å². The summed E-state index contributed by atoms with van der Waals surface area (Å²) in [6.07, 6.45) is 2.53. The lowest BCUT2D eigenvalue weighted by Gasteiger charge is -2.19. The Kier molecular flexibility index (Phi) is 4.93. The summed E-state index contributed by atoms with van der Waals surface area (Å²) in [5, 5.41) is 3.32. The van der Waals surface area contributed by atoms with Crippen LogP contribution in [0, 0.1) is 5.82 Å². The molecule has 1 aromatic heterocycles. The monoisotopic (exact) mass is 349 g/mol. The molecule has 1 saturated heterocycles. The van der Waals surface area contributed by atoms with Crippen molar-refractivity contribution in [1.29, 1.82) is 0 Å². The molecule has 1 aliphatic rings. The maximum Gasteiger partial charge on any atom is 0.209 e. The predicted octanol–water partition coefficient (Wildman–Crippen LogP) is 1.71. The second kappa shape index (κ2) is 6.96. The van der Waals surface area contributed by atoms with Crippen molar-refractivity contribution in [1.82, 2.24) is 15.0 Å². The Balaban J connectivity index is 1.77. The van der Waals surface area contributed by atoms with Gasteiger partial charge in [0.15, 0.2) is 0 Å². The fraction of sp³-hybridized carbons (Fsp3) is 0.353. The van der Waals surface area contributed by atoms with E-state index in [4.69, 9.17) is 0 Å². The molecule has 7 heteroatoms. The SMILES string of the molecule is CS(=O)(=O)N[C@H]1CCN[C@H]1Cc1cccc(-c2cccc(F)c2)n1. The number of pyridine rings is 1. The molecule has 2 atom stereocenters. The second-order valence-electron chi connectivity index (χ2n) is 6.07. The summed E-state index contributed by atoms with van der Waals surface area (Å²) in [5.41, 5.74) is 2.27. The summed E-state index contributed by atoms with van der Waals surface area (Å²) in [4.78, 5) is 4.59. The molecule has 2 N–H and O–H groups in total. The number of hydrogen-bond donors (Lipinski definition) is 2. The summed E-state index contributed by atoms with van der Waals surface area (Å²) in [7, 11) is -3.24. The van der Waals surface area contributed by atoms with Crippen LogP contribution in [0.1, 0.15) is 12.1 Å². The average Bonchev–Trinajstić information content (AvgIpc) is 2.92. The van der Waals surface area contributed by atoms with E-state index < -0.39 is 10.0 Å². The van der Waals surface area contributed by atoms with Crippen molar-refractivity contribution in [3.8, 4) is 11.3 Å². The van der Waals surface area contributed by atoms with Crippen LogP contribution in [0.5, 0.6) is 0 Å². The van der Waals surface area contributed by atoms with Crippen LogP contribution in [0.4, 0.5) is 4.39 Å². The van der Waals surface area contributed by atoms with Gasteiger partial charge in [-0.05, 0) is 37.2 Å². The molecule has 0 bridgehead atoms. The molecule has 0 spiro atoms. The van der Waals surface area contributed by atoms with Crippen LogP contribution in [0.15, 0.2) is 42.5 Å². The van der Waals surface area contributed by atoms with Crippen molar-refractivity contribution >= 4 is 10.0 Å². The normalized spacial score (nSPS) is 21.1. The third-order valence-electron chi connectivity index (χ3n) is 4.07. The Labute approximate surface area is 141 Å². The lowest BCUT2D eigenvalue weighted by molar-refractivity contribution is 0.491. The number of nitrogens with one attached hydrogen (secondary N) is 2. The first-order valence-electron chi connectivity index (χ1n) is 7.83. The Bertz CT molecular complexity index is 826. The zero-order chi connectivity index (χ0) is 17.2. The molecule has 1 aromatic carbocycles. The zero-order valence-electron chi connectivity index (χ0n) is 13.4. The lowest BCUT2D eigenvalue weighted by atomic mass is 10.0. The summed E-state index contributed by atoms with van der Waals surface area (Å²) in [5.74, 6) is -0.297. The molecule has 0 aliphatic carbocycles. The molecule has 0 amide bonds. The van der Waals surface area contributed by atoms with Gasteiger partial charge in [-0.25, -0.2) is 17.5 Å². The highest BCUT2D eigenvalue weighted by atomic mass is 32.2. The van der Waals surface area contributed by atoms with Gasteiger partial charge in [0.1, 0.15) is 5.82 Å². The zero-order valence-corrected chi connectivity index (χ0v) is 14.2. The Morgan fingerprint density at radius 2 is 2.08 bits per heavy atom. The van der Waals surface area contributed by atoms with Crippen molar-refractivity contribution in [3.63, 3.8) is 0 Å². The molecule has 0 saturated carbocycles. The smallest absolute Gasteiger partial charge is 0.209 e. The molecule has 5 nitrogen and oxygen atoms in total. The van der Waals surface area contributed by atoms with E-state index in [9.17, 15) is 12.8 Å². The first-order valence-corrected chi connectivity index (χ1v) is 9.72. The van der Waals surface area contributed by atoms with Crippen molar-refractivity contribution in [2.24, 2.45) is 0 Å². The number of nitrogens with zero attached hydrogens (tertiary/aromatic N) is 1. The first-order chi connectivity index (χ1) is 11.4. The van der Waals surface area contributed by atoms with Crippen molar-refractivity contribution in [3.05, 3.63) is 54.0 Å². The van der Waals surface area contributed by atoms with Crippen molar-refractivity contribution in [2.45, 2.75) is 24.9 Å². The van der Waals surface area contributed by atoms with Gasteiger partial charge in [0.2, 0.25) is 10.0 Å². The van der Waals surface area contributed by atoms with Gasteiger partial charge in [-0.3, -0.25) is 4.98 Å². The van der Waals surface area contributed by atoms with Gasteiger partial charge in [-0.2, -0.15) is 0 Å². The van der Waals surface area contributed by atoms with Crippen LogP contribution < -0.4 is 10.0 Å². The molecular formula is C17H20FN3O2S. The van der Waals surface area contributed by atoms with Crippen LogP contribution in [0.2, 0.25) is 0 Å². The van der Waals surface area contributed by atoms with E-state index in [0.717, 1.165) is 24.2 Å². The van der Waals surface area contributed by atoms with Gasteiger partial charge in [0, 0.05) is 29.8 Å². The van der Waals surface area contributed by atoms with Crippen LogP contribution in [-0.2, 0) is 16.4 Å². The highest BCUT2D eigenvalue weighted by Crippen LogP contribution is 2.20. The number of rotatable bonds is 5. The Morgan fingerprint density at radius 1 is 1.29 bits per heavy atom. The number of sulfonamides is 1. The van der Waals surface area contributed by atoms with E-state index in [1.807, 2.05) is 24.3 Å². The number of hydrogen-bond acceptors (Lipinski definition) is 4. The fourth-order valence-electron chi connectivity index (χ4n) is 3.03. The molecule has 3 rings (SSSR count). The van der Waals surface area contributed by atoms with Crippen molar-refractivity contribution in [2.75, 3.05) is 12.8 Å². The minimum atomic E-state index is -3.24. The van der Waals surface area contributed by atoms with Crippen LogP contribution in [0.25, 0.3) is 11.3 Å². The predicted molar refractivity (Wildman–Crippen MR) is 91.5 cm³/mol. The number of halogens is 1. The molecule has 0 unspecified atom stereocenters. The highest BCUT2D eigenvalue weighted by Gasteiger charge is 2.29. The third-order valence-corrected chi connectivity index (χ3v) is 4.80. The molecule has 1 fully saturated rings. The van der Waals surface area contributed by atoms with E-state index in [2.05, 4.69) is 15.0 Å². The fourth-order valence-corrected chi connectivity index (χ4v) is 3.86. The van der Waals surface area contributed by atoms with Crippen LogP contribution in [-0.4, -0.2) is 38.3 Å². The van der Waals surface area contributed by atoms with E-state index >= 15 is 0 Å². The Morgan fingerprint density at radius 3 is 2.83 bits per heavy atom. The van der Waals surface area contributed by atoms with Gasteiger partial charge in [-0.15, -0.1) is 0 Å². The van der Waals surface area contributed by atoms with E-state index in [0.29, 0.717) is 12.1 Å². The van der Waals surface area contributed by atoms with E-state index in [-0.39, 0.29) is 17.9 Å². The molecule has 0 radical (unpaired) electrons. The van der Waals surface area contributed by atoms with E-state index in [1.165, 1.54) is 18.4 Å². The molecule has 2 aromatic rings. The first kappa shape index (κ1) is 17.0. The van der Waals surface area contributed by atoms with Gasteiger partial charge in [0.05, 0.1) is 11.9 Å². The topological polar surface area (TPSA) is 71.1 Å². The van der Waals surface area contributed by atoms with Gasteiger partial charge >= 0.3 is 0 Å². The maximum absolute atomic E-state index is 13.4. The van der Waals surface area contributed by atoms with Crippen LogP contribution >= 0.6 is 0 Å². The minimum absolute atomic E-state index is 0.00464. The molecule has 1 aliphatic heterocycles.